The lowest BCUT2D eigenvalue weighted by atomic mass is 10.1. The SMILES string of the molecule is CC.CCC1CC1N(CC#N)C(=O)C(N)CN1C[C@H](CC)N(Cc2cccc(S(=O)(=O)N(C)C)c2)C1. The molecule has 2 aliphatic rings. The van der Waals surface area contributed by atoms with Crippen LogP contribution in [0.5, 0.6) is 0 Å². The molecular weight excluding hydrogens is 476 g/mol. The Morgan fingerprint density at radius 2 is 1.94 bits per heavy atom. The Morgan fingerprint density at radius 3 is 2.50 bits per heavy atom. The summed E-state index contributed by atoms with van der Waals surface area (Å²) in [6.07, 6.45) is 2.90. The fourth-order valence-electron chi connectivity index (χ4n) is 4.85. The molecule has 3 unspecified atom stereocenters. The molecule has 2 fully saturated rings. The van der Waals surface area contributed by atoms with Gasteiger partial charge in [0.05, 0.1) is 23.7 Å². The third-order valence-corrected chi connectivity index (χ3v) is 8.82. The summed E-state index contributed by atoms with van der Waals surface area (Å²) in [6, 6.07) is 8.96. The lowest BCUT2D eigenvalue weighted by Crippen LogP contribution is -2.50. The van der Waals surface area contributed by atoms with Crippen molar-refractivity contribution in [3.05, 3.63) is 29.8 Å². The Balaban J connectivity index is 0.00000222. The summed E-state index contributed by atoms with van der Waals surface area (Å²) in [6.45, 7) is 10.8. The second-order valence-electron chi connectivity index (χ2n) is 9.62. The van der Waals surface area contributed by atoms with Crippen molar-refractivity contribution in [2.24, 2.45) is 11.7 Å². The number of nitrogens with zero attached hydrogens (tertiary/aromatic N) is 5. The first kappa shape index (κ1) is 30.2. The van der Waals surface area contributed by atoms with Gasteiger partial charge in [-0.25, -0.2) is 12.7 Å². The highest BCUT2D eigenvalue weighted by atomic mass is 32.2. The Bertz CT molecular complexity index is 1010. The van der Waals surface area contributed by atoms with E-state index in [4.69, 9.17) is 5.73 Å². The van der Waals surface area contributed by atoms with E-state index in [-0.39, 0.29) is 23.4 Å². The summed E-state index contributed by atoms with van der Waals surface area (Å²) in [7, 11) is -0.428. The molecule has 1 heterocycles. The summed E-state index contributed by atoms with van der Waals surface area (Å²) in [4.78, 5) is 19.5. The zero-order chi connectivity index (χ0) is 27.0. The van der Waals surface area contributed by atoms with Gasteiger partial charge in [-0.05, 0) is 36.5 Å². The number of nitrogens with two attached hydrogens (primary N) is 1. The van der Waals surface area contributed by atoms with Crippen molar-refractivity contribution in [1.82, 2.24) is 19.0 Å². The van der Waals surface area contributed by atoms with Crippen molar-refractivity contribution in [2.75, 3.05) is 40.4 Å². The van der Waals surface area contributed by atoms with Gasteiger partial charge in [0.1, 0.15) is 6.54 Å². The van der Waals surface area contributed by atoms with Crippen molar-refractivity contribution >= 4 is 15.9 Å². The molecular formula is C26H44N6O3S. The van der Waals surface area contributed by atoms with Gasteiger partial charge in [-0.2, -0.15) is 5.26 Å². The number of hydrogen-bond donors (Lipinski definition) is 1. The number of hydrogen-bond acceptors (Lipinski definition) is 7. The molecule has 1 saturated heterocycles. The Kier molecular flexibility index (Phi) is 11.3. The molecule has 4 atom stereocenters. The molecule has 1 aliphatic heterocycles. The third-order valence-electron chi connectivity index (χ3n) is 7.01. The first-order valence-electron chi connectivity index (χ1n) is 13.0. The van der Waals surface area contributed by atoms with E-state index in [0.29, 0.717) is 31.7 Å². The van der Waals surface area contributed by atoms with Crippen LogP contribution >= 0.6 is 0 Å². The molecule has 0 aromatic heterocycles. The second-order valence-corrected chi connectivity index (χ2v) is 11.8. The maximum Gasteiger partial charge on any atom is 0.242 e. The molecule has 202 valence electrons. The first-order valence-corrected chi connectivity index (χ1v) is 14.5. The van der Waals surface area contributed by atoms with Gasteiger partial charge < -0.3 is 10.6 Å². The van der Waals surface area contributed by atoms with Crippen LogP contribution in [-0.4, -0.2) is 91.9 Å². The minimum Gasteiger partial charge on any atom is -0.325 e. The smallest absolute Gasteiger partial charge is 0.242 e. The molecule has 2 N–H and O–H groups in total. The molecule has 0 spiro atoms. The van der Waals surface area contributed by atoms with E-state index < -0.39 is 16.1 Å². The lowest BCUT2D eigenvalue weighted by Gasteiger charge is -2.26. The molecule has 1 aliphatic carbocycles. The predicted octanol–water partition coefficient (Wildman–Crippen LogP) is 2.29. The number of benzene rings is 1. The maximum absolute atomic E-state index is 13.0. The Morgan fingerprint density at radius 1 is 1.25 bits per heavy atom. The van der Waals surface area contributed by atoms with Gasteiger partial charge in [0, 0.05) is 45.8 Å². The number of carbonyl (C=O) groups excluding carboxylic acids is 1. The molecule has 10 heteroatoms. The molecule has 1 aromatic carbocycles. The summed E-state index contributed by atoms with van der Waals surface area (Å²) in [5.74, 6) is 0.332. The summed E-state index contributed by atoms with van der Waals surface area (Å²) < 4.78 is 26.2. The van der Waals surface area contributed by atoms with E-state index in [9.17, 15) is 18.5 Å². The van der Waals surface area contributed by atoms with Crippen LogP contribution in [0.4, 0.5) is 0 Å². The molecule has 0 bridgehead atoms. The molecule has 36 heavy (non-hydrogen) atoms. The van der Waals surface area contributed by atoms with Gasteiger partial charge in [0.2, 0.25) is 15.9 Å². The van der Waals surface area contributed by atoms with E-state index in [1.54, 1.807) is 23.1 Å². The van der Waals surface area contributed by atoms with Gasteiger partial charge in [-0.1, -0.05) is 46.2 Å². The van der Waals surface area contributed by atoms with Gasteiger partial charge in [0.15, 0.2) is 0 Å². The highest BCUT2D eigenvalue weighted by Gasteiger charge is 2.43. The van der Waals surface area contributed by atoms with Crippen LogP contribution in [0.25, 0.3) is 0 Å². The maximum atomic E-state index is 13.0. The van der Waals surface area contributed by atoms with Crippen LogP contribution in [0.1, 0.15) is 52.5 Å². The van der Waals surface area contributed by atoms with Crippen molar-refractivity contribution in [3.63, 3.8) is 0 Å². The van der Waals surface area contributed by atoms with Gasteiger partial charge in [-0.3, -0.25) is 14.6 Å². The van der Waals surface area contributed by atoms with Crippen LogP contribution in [0.15, 0.2) is 29.2 Å². The number of sulfonamides is 1. The minimum absolute atomic E-state index is 0.0869. The van der Waals surface area contributed by atoms with Gasteiger partial charge in [-0.15, -0.1) is 0 Å². The highest BCUT2D eigenvalue weighted by Crippen LogP contribution is 2.38. The van der Waals surface area contributed by atoms with Crippen molar-refractivity contribution in [1.29, 1.82) is 5.26 Å². The molecule has 0 radical (unpaired) electrons. The Hall–Kier alpha value is -2.03. The molecule has 1 amide bonds. The van der Waals surface area contributed by atoms with Gasteiger partial charge >= 0.3 is 0 Å². The van der Waals surface area contributed by atoms with Crippen molar-refractivity contribution in [2.45, 2.75) is 76.5 Å². The quantitative estimate of drug-likeness (QED) is 0.445. The normalized spacial score (nSPS) is 23.0. The monoisotopic (exact) mass is 520 g/mol. The van der Waals surface area contributed by atoms with Crippen LogP contribution < -0.4 is 5.73 Å². The van der Waals surface area contributed by atoms with E-state index in [0.717, 1.165) is 31.4 Å². The van der Waals surface area contributed by atoms with E-state index in [2.05, 4.69) is 29.7 Å². The van der Waals surface area contributed by atoms with Gasteiger partial charge in [0.25, 0.3) is 0 Å². The number of rotatable bonds is 11. The summed E-state index contributed by atoms with van der Waals surface area (Å²) >= 11 is 0. The fraction of sp³-hybridized carbons (Fsp3) is 0.692. The molecule has 1 saturated carbocycles. The van der Waals surface area contributed by atoms with Crippen LogP contribution in [-0.2, 0) is 21.4 Å². The molecule has 3 rings (SSSR count). The third kappa shape index (κ3) is 7.26. The average molecular weight is 521 g/mol. The highest BCUT2D eigenvalue weighted by molar-refractivity contribution is 7.89. The summed E-state index contributed by atoms with van der Waals surface area (Å²) in [5, 5.41) is 9.19. The zero-order valence-corrected chi connectivity index (χ0v) is 23.5. The average Bonchev–Trinajstić information content (AvgIpc) is 3.56. The topological polar surface area (TPSA) is 114 Å². The molecule has 1 aromatic rings. The van der Waals surface area contributed by atoms with E-state index in [1.807, 2.05) is 19.9 Å². The van der Waals surface area contributed by atoms with Crippen molar-refractivity contribution < 1.29 is 13.2 Å². The van der Waals surface area contributed by atoms with E-state index >= 15 is 0 Å². The minimum atomic E-state index is -3.49. The number of amides is 1. The number of nitriles is 1. The zero-order valence-electron chi connectivity index (χ0n) is 22.7. The van der Waals surface area contributed by atoms with E-state index in [1.165, 1.54) is 18.4 Å². The molecule has 9 nitrogen and oxygen atoms in total. The number of carbonyl (C=O) groups is 1. The fourth-order valence-corrected chi connectivity index (χ4v) is 5.82. The largest absolute Gasteiger partial charge is 0.325 e. The van der Waals surface area contributed by atoms with Crippen LogP contribution in [0, 0.1) is 17.2 Å². The second kappa shape index (κ2) is 13.5. The van der Waals surface area contributed by atoms with Crippen LogP contribution in [0.2, 0.25) is 0 Å². The summed E-state index contributed by atoms with van der Waals surface area (Å²) in [5.41, 5.74) is 7.26. The van der Waals surface area contributed by atoms with Crippen molar-refractivity contribution in [3.8, 4) is 6.07 Å². The first-order chi connectivity index (χ1) is 17.1. The lowest BCUT2D eigenvalue weighted by molar-refractivity contribution is -0.133. The Labute approximate surface area is 217 Å². The standard InChI is InChI=1S/C24H38N6O3S.C2H6/c1-5-19-13-23(19)30(11-10-25)24(31)22(26)16-28-15-20(6-2)29(17-28)14-18-8-7-9-21(12-18)34(32,33)27(3)4;1-2/h7-9,12,19-20,22-23H,5-6,11,13-17,26H2,1-4H3;1-2H3/t19?,20-,22?,23?;/m0./s1. The van der Waals surface area contributed by atoms with Crippen LogP contribution in [0.3, 0.4) is 0 Å². The predicted molar refractivity (Wildman–Crippen MR) is 142 cm³/mol.